The van der Waals surface area contributed by atoms with Crippen molar-refractivity contribution in [3.8, 4) is 0 Å². The first kappa shape index (κ1) is 21.6. The molecule has 2 aromatic carbocycles. The average Bonchev–Trinajstić information content (AvgIpc) is 2.69. The zero-order valence-electron chi connectivity index (χ0n) is 17.1. The van der Waals surface area contributed by atoms with Crippen molar-refractivity contribution < 1.29 is 10.2 Å². The van der Waals surface area contributed by atoms with E-state index in [2.05, 4.69) is 10.3 Å². The summed E-state index contributed by atoms with van der Waals surface area (Å²) in [5.74, 6) is 0.415. The number of benzene rings is 2. The minimum absolute atomic E-state index is 0.275. The zero-order valence-corrected chi connectivity index (χ0v) is 18.6. The van der Waals surface area contributed by atoms with Crippen molar-refractivity contribution in [3.05, 3.63) is 74.1 Å². The molecule has 1 atom stereocenters. The number of rotatable bonds is 4. The van der Waals surface area contributed by atoms with E-state index >= 15 is 0 Å². The average molecular weight is 458 g/mol. The number of anilines is 2. The Kier molecular flexibility index (Phi) is 5.43. The van der Waals surface area contributed by atoms with E-state index in [-0.39, 0.29) is 5.56 Å². The molecule has 0 saturated carbocycles. The van der Waals surface area contributed by atoms with E-state index in [0.29, 0.717) is 54.4 Å². The van der Waals surface area contributed by atoms with E-state index in [4.69, 9.17) is 28.2 Å². The fraction of sp³-hybridized carbons (Fsp3) is 0.217. The second-order valence-corrected chi connectivity index (χ2v) is 8.82. The molecule has 0 saturated heterocycles. The molecule has 8 heteroatoms. The van der Waals surface area contributed by atoms with Crippen LogP contribution in [0.2, 0.25) is 10.0 Å². The first-order chi connectivity index (χ1) is 14.6. The number of H-pyrrole nitrogens is 1. The first-order valence-corrected chi connectivity index (χ1v) is 10.4. The van der Waals surface area contributed by atoms with Gasteiger partial charge in [-0.3, -0.25) is 4.79 Å². The van der Waals surface area contributed by atoms with Crippen LogP contribution in [0.5, 0.6) is 0 Å². The van der Waals surface area contributed by atoms with Crippen molar-refractivity contribution in [2.45, 2.75) is 32.5 Å². The Morgan fingerprint density at radius 1 is 1.10 bits per heavy atom. The first-order valence-electron chi connectivity index (χ1n) is 9.68. The summed E-state index contributed by atoms with van der Waals surface area (Å²) in [7, 11) is 0. The standard InChI is InChI=1S/C23H21Cl2N3O3/c1-11(29)12-8-16(24)20(17(25)9-12)28-21-14-6-7-26-22(30)19(14)15-10-13(23(2,3)31)4-5-18(15)27-21/h4-11,29,31H,1-3H3,(H,26,30)(H,27,28)/t11-/m1/s1. The maximum absolute atomic E-state index is 12.8. The zero-order chi connectivity index (χ0) is 22.5. The van der Waals surface area contributed by atoms with E-state index in [1.165, 1.54) is 0 Å². The van der Waals surface area contributed by atoms with E-state index in [1.807, 2.05) is 0 Å². The Morgan fingerprint density at radius 3 is 2.39 bits per heavy atom. The molecule has 0 bridgehead atoms. The maximum Gasteiger partial charge on any atom is 0.256 e. The molecule has 0 spiro atoms. The SMILES string of the molecule is C[C@@H](O)c1cc(Cl)c(Nc2nc3ccc(C(C)(C)O)cc3c3c(=O)[nH]ccc23)c(Cl)c1. The normalized spacial score (nSPS) is 13.0. The molecule has 0 radical (unpaired) electrons. The number of aliphatic hydroxyl groups excluding tert-OH is 1. The molecule has 4 N–H and O–H groups in total. The molecule has 0 fully saturated rings. The molecule has 2 heterocycles. The lowest BCUT2D eigenvalue weighted by Gasteiger charge is -2.19. The van der Waals surface area contributed by atoms with Gasteiger partial charge in [-0.15, -0.1) is 0 Å². The molecule has 0 aliphatic rings. The molecule has 0 aliphatic heterocycles. The monoisotopic (exact) mass is 457 g/mol. The van der Waals surface area contributed by atoms with E-state index in [1.54, 1.807) is 63.4 Å². The summed E-state index contributed by atoms with van der Waals surface area (Å²) in [5, 5.41) is 25.7. The number of aliphatic hydroxyl groups is 2. The van der Waals surface area contributed by atoms with Crippen LogP contribution in [-0.2, 0) is 5.60 Å². The van der Waals surface area contributed by atoms with Gasteiger partial charge in [-0.25, -0.2) is 4.98 Å². The van der Waals surface area contributed by atoms with Crippen molar-refractivity contribution >= 4 is 56.4 Å². The summed E-state index contributed by atoms with van der Waals surface area (Å²) in [6.07, 6.45) is 0.829. The highest BCUT2D eigenvalue weighted by Gasteiger charge is 2.20. The van der Waals surface area contributed by atoms with Gasteiger partial charge in [0, 0.05) is 17.0 Å². The number of aromatic amines is 1. The number of nitrogens with zero attached hydrogens (tertiary/aromatic N) is 1. The van der Waals surface area contributed by atoms with Crippen LogP contribution in [0.25, 0.3) is 21.7 Å². The van der Waals surface area contributed by atoms with E-state index in [0.717, 1.165) is 0 Å². The highest BCUT2D eigenvalue weighted by Crippen LogP contribution is 2.38. The summed E-state index contributed by atoms with van der Waals surface area (Å²) in [4.78, 5) is 20.2. The fourth-order valence-electron chi connectivity index (χ4n) is 3.51. The summed E-state index contributed by atoms with van der Waals surface area (Å²) in [5.41, 5.74) is 0.926. The van der Waals surface area contributed by atoms with E-state index in [9.17, 15) is 15.0 Å². The molecule has 0 unspecified atom stereocenters. The number of aromatic nitrogens is 2. The van der Waals surface area contributed by atoms with Gasteiger partial charge in [0.2, 0.25) is 0 Å². The van der Waals surface area contributed by atoms with Crippen LogP contribution in [0.4, 0.5) is 11.5 Å². The highest BCUT2D eigenvalue weighted by atomic mass is 35.5. The molecule has 0 aliphatic carbocycles. The lowest BCUT2D eigenvalue weighted by molar-refractivity contribution is 0.0787. The van der Waals surface area contributed by atoms with E-state index < -0.39 is 11.7 Å². The summed E-state index contributed by atoms with van der Waals surface area (Å²) in [6.45, 7) is 5.00. The Balaban J connectivity index is 1.96. The third kappa shape index (κ3) is 4.00. The second-order valence-electron chi connectivity index (χ2n) is 8.01. The molecule has 6 nitrogen and oxygen atoms in total. The summed E-state index contributed by atoms with van der Waals surface area (Å²) < 4.78 is 0. The van der Waals surface area contributed by atoms with Crippen LogP contribution in [0, 0.1) is 0 Å². The van der Waals surface area contributed by atoms with Crippen molar-refractivity contribution in [1.29, 1.82) is 0 Å². The van der Waals surface area contributed by atoms with Gasteiger partial charge in [-0.1, -0.05) is 29.3 Å². The van der Waals surface area contributed by atoms with Crippen LogP contribution in [0.1, 0.15) is 38.0 Å². The van der Waals surface area contributed by atoms with Crippen molar-refractivity contribution in [2.24, 2.45) is 0 Å². The number of fused-ring (bicyclic) bond motifs is 3. The Hall–Kier alpha value is -2.64. The van der Waals surface area contributed by atoms with Crippen LogP contribution in [-0.4, -0.2) is 20.2 Å². The predicted molar refractivity (Wildman–Crippen MR) is 125 cm³/mol. The van der Waals surface area contributed by atoms with Crippen molar-refractivity contribution in [2.75, 3.05) is 5.32 Å². The number of halogens is 2. The third-order valence-electron chi connectivity index (χ3n) is 5.21. The quantitative estimate of drug-likeness (QED) is 0.307. The topological polar surface area (TPSA) is 98.2 Å². The van der Waals surface area contributed by atoms with Gasteiger partial charge in [0.25, 0.3) is 5.56 Å². The minimum Gasteiger partial charge on any atom is -0.389 e. The van der Waals surface area contributed by atoms with Gasteiger partial charge in [-0.05, 0) is 62.2 Å². The number of hydrogen-bond donors (Lipinski definition) is 4. The van der Waals surface area contributed by atoms with Gasteiger partial charge in [0.15, 0.2) is 0 Å². The largest absolute Gasteiger partial charge is 0.389 e. The summed E-state index contributed by atoms with van der Waals surface area (Å²) in [6, 6.07) is 10.3. The van der Waals surface area contributed by atoms with Gasteiger partial charge in [0.05, 0.1) is 38.3 Å². The van der Waals surface area contributed by atoms with Crippen molar-refractivity contribution in [1.82, 2.24) is 9.97 Å². The lowest BCUT2D eigenvalue weighted by atomic mass is 9.95. The molecular weight excluding hydrogens is 437 g/mol. The van der Waals surface area contributed by atoms with Gasteiger partial charge in [0.1, 0.15) is 5.82 Å². The van der Waals surface area contributed by atoms with Gasteiger partial charge >= 0.3 is 0 Å². The molecule has 2 aromatic heterocycles. The smallest absolute Gasteiger partial charge is 0.256 e. The fourth-order valence-corrected chi connectivity index (χ4v) is 4.10. The maximum atomic E-state index is 12.8. The number of pyridine rings is 2. The summed E-state index contributed by atoms with van der Waals surface area (Å²) >= 11 is 12.8. The molecular formula is C23H21Cl2N3O3. The minimum atomic E-state index is -1.06. The van der Waals surface area contributed by atoms with Crippen LogP contribution in [0.15, 0.2) is 47.4 Å². The van der Waals surface area contributed by atoms with Crippen molar-refractivity contribution in [3.63, 3.8) is 0 Å². The highest BCUT2D eigenvalue weighted by molar-refractivity contribution is 6.39. The van der Waals surface area contributed by atoms with Crippen LogP contribution >= 0.6 is 23.2 Å². The van der Waals surface area contributed by atoms with Gasteiger partial charge < -0.3 is 20.5 Å². The second kappa shape index (κ2) is 7.80. The molecule has 160 valence electrons. The Morgan fingerprint density at radius 2 is 1.77 bits per heavy atom. The Bertz CT molecular complexity index is 1350. The predicted octanol–water partition coefficient (Wildman–Crippen LogP) is 5.41. The molecule has 0 amide bonds. The van der Waals surface area contributed by atoms with Crippen LogP contribution < -0.4 is 10.9 Å². The molecule has 4 rings (SSSR count). The van der Waals surface area contributed by atoms with Crippen LogP contribution in [0.3, 0.4) is 0 Å². The number of hydrogen-bond acceptors (Lipinski definition) is 5. The third-order valence-corrected chi connectivity index (χ3v) is 5.81. The Labute approximate surface area is 188 Å². The lowest BCUT2D eigenvalue weighted by Crippen LogP contribution is -2.15. The molecule has 31 heavy (non-hydrogen) atoms. The van der Waals surface area contributed by atoms with Gasteiger partial charge in [-0.2, -0.15) is 0 Å². The molecule has 4 aromatic rings. The number of nitrogens with one attached hydrogen (secondary N) is 2.